The molecular formula is C14H18N2O2S. The van der Waals surface area contributed by atoms with Crippen molar-refractivity contribution in [3.63, 3.8) is 0 Å². The van der Waals surface area contributed by atoms with Crippen molar-refractivity contribution >= 4 is 21.6 Å². The molecule has 0 saturated carbocycles. The fourth-order valence-corrected chi connectivity index (χ4v) is 3.57. The minimum atomic E-state index is 0.359. The predicted molar refractivity (Wildman–Crippen MR) is 77.2 cm³/mol. The molecule has 2 heterocycles. The van der Waals surface area contributed by atoms with Crippen molar-refractivity contribution in [3.8, 4) is 5.75 Å². The van der Waals surface area contributed by atoms with E-state index in [-0.39, 0.29) is 0 Å². The van der Waals surface area contributed by atoms with Crippen molar-refractivity contribution in [2.24, 2.45) is 0 Å². The average molecular weight is 278 g/mol. The zero-order valence-electron chi connectivity index (χ0n) is 11.2. The van der Waals surface area contributed by atoms with Gasteiger partial charge in [-0.1, -0.05) is 0 Å². The Morgan fingerprint density at radius 2 is 2.37 bits per heavy atom. The number of likely N-dealkylation sites (N-methyl/N-ethyl adjacent to an activating group) is 1. The van der Waals surface area contributed by atoms with Crippen LogP contribution in [0.25, 0.3) is 10.2 Å². The number of ether oxygens (including phenoxy) is 2. The van der Waals surface area contributed by atoms with Gasteiger partial charge in [0.2, 0.25) is 0 Å². The first-order valence-corrected chi connectivity index (χ1v) is 7.41. The number of fused-ring (bicyclic) bond motifs is 1. The maximum absolute atomic E-state index is 5.55. The second-order valence-corrected chi connectivity index (χ2v) is 5.72. The van der Waals surface area contributed by atoms with Crippen LogP contribution in [0.2, 0.25) is 0 Å². The van der Waals surface area contributed by atoms with Gasteiger partial charge in [0.15, 0.2) is 0 Å². The van der Waals surface area contributed by atoms with Gasteiger partial charge in [0.25, 0.3) is 0 Å². The Morgan fingerprint density at radius 3 is 3.16 bits per heavy atom. The fourth-order valence-electron chi connectivity index (χ4n) is 2.42. The Balaban J connectivity index is 1.92. The molecule has 3 rings (SSSR count). The van der Waals surface area contributed by atoms with Crippen LogP contribution in [0.15, 0.2) is 18.2 Å². The van der Waals surface area contributed by atoms with Crippen LogP contribution in [0.3, 0.4) is 0 Å². The first kappa shape index (κ1) is 12.8. The van der Waals surface area contributed by atoms with Gasteiger partial charge in [-0.3, -0.25) is 0 Å². The largest absolute Gasteiger partial charge is 0.494 e. The molecule has 1 aliphatic heterocycles. The molecule has 0 radical (unpaired) electrons. The highest BCUT2D eigenvalue weighted by Gasteiger charge is 2.30. The number of aromatic nitrogens is 1. The van der Waals surface area contributed by atoms with Crippen LogP contribution in [-0.2, 0) is 4.74 Å². The molecule has 2 atom stereocenters. The Morgan fingerprint density at radius 1 is 1.47 bits per heavy atom. The normalized spacial score (nSPS) is 23.1. The van der Waals surface area contributed by atoms with Crippen molar-refractivity contribution in [2.75, 3.05) is 26.9 Å². The molecule has 2 unspecified atom stereocenters. The van der Waals surface area contributed by atoms with Gasteiger partial charge in [0, 0.05) is 6.04 Å². The summed E-state index contributed by atoms with van der Waals surface area (Å²) in [5, 5.41) is 4.46. The lowest BCUT2D eigenvalue weighted by molar-refractivity contribution is 0.188. The van der Waals surface area contributed by atoms with E-state index in [0.717, 1.165) is 29.5 Å². The summed E-state index contributed by atoms with van der Waals surface area (Å²) < 4.78 is 12.3. The number of benzene rings is 1. The number of thiazole rings is 1. The van der Waals surface area contributed by atoms with Crippen molar-refractivity contribution in [2.45, 2.75) is 18.9 Å². The lowest BCUT2D eigenvalue weighted by atomic mass is 10.1. The summed E-state index contributed by atoms with van der Waals surface area (Å²) in [6.45, 7) is 4.20. The number of rotatable bonds is 4. The first-order valence-electron chi connectivity index (χ1n) is 6.60. The zero-order chi connectivity index (χ0) is 13.2. The molecule has 0 bridgehead atoms. The molecule has 1 N–H and O–H groups in total. The average Bonchev–Trinajstić information content (AvgIpc) is 3.04. The lowest BCUT2D eigenvalue weighted by Gasteiger charge is -2.13. The van der Waals surface area contributed by atoms with Gasteiger partial charge in [-0.25, -0.2) is 4.98 Å². The zero-order valence-corrected chi connectivity index (χ0v) is 12.0. The van der Waals surface area contributed by atoms with Gasteiger partial charge in [0.05, 0.1) is 36.0 Å². The topological polar surface area (TPSA) is 43.4 Å². The Kier molecular flexibility index (Phi) is 3.68. The van der Waals surface area contributed by atoms with Crippen LogP contribution in [0.4, 0.5) is 0 Å². The Bertz CT molecular complexity index is 570. The second kappa shape index (κ2) is 5.45. The van der Waals surface area contributed by atoms with Crippen LogP contribution in [0.1, 0.15) is 17.8 Å². The molecule has 1 aliphatic rings. The van der Waals surface area contributed by atoms with E-state index in [1.807, 2.05) is 26.1 Å². The standard InChI is InChI=1S/C14H18N2O2S/c1-3-18-9-4-5-11-13(6-9)19-14(16-11)10-7-17-8-12(10)15-2/h4-6,10,12,15H,3,7-8H2,1-2H3. The summed E-state index contributed by atoms with van der Waals surface area (Å²) >= 11 is 1.74. The van der Waals surface area contributed by atoms with Crippen molar-refractivity contribution < 1.29 is 9.47 Å². The molecule has 1 aromatic heterocycles. The molecule has 1 fully saturated rings. The summed E-state index contributed by atoms with van der Waals surface area (Å²) in [6.07, 6.45) is 0. The van der Waals surface area contributed by atoms with E-state index in [1.165, 1.54) is 4.70 Å². The molecule has 0 spiro atoms. The van der Waals surface area contributed by atoms with Crippen LogP contribution in [-0.4, -0.2) is 37.9 Å². The van der Waals surface area contributed by atoms with Gasteiger partial charge < -0.3 is 14.8 Å². The number of hydrogen-bond donors (Lipinski definition) is 1. The van der Waals surface area contributed by atoms with Crippen LogP contribution < -0.4 is 10.1 Å². The first-order chi connectivity index (χ1) is 9.31. The molecule has 19 heavy (non-hydrogen) atoms. The van der Waals surface area contributed by atoms with E-state index in [4.69, 9.17) is 14.5 Å². The van der Waals surface area contributed by atoms with Crippen molar-refractivity contribution in [1.29, 1.82) is 0 Å². The minimum absolute atomic E-state index is 0.359. The molecule has 5 heteroatoms. The maximum Gasteiger partial charge on any atom is 0.120 e. The molecule has 1 aromatic carbocycles. The molecule has 0 amide bonds. The fraction of sp³-hybridized carbons (Fsp3) is 0.500. The summed E-state index contributed by atoms with van der Waals surface area (Å²) in [5.41, 5.74) is 1.05. The van der Waals surface area contributed by atoms with Gasteiger partial charge in [-0.05, 0) is 32.2 Å². The van der Waals surface area contributed by atoms with E-state index in [1.54, 1.807) is 11.3 Å². The van der Waals surface area contributed by atoms with Crippen molar-refractivity contribution in [1.82, 2.24) is 10.3 Å². The quantitative estimate of drug-likeness (QED) is 0.932. The Labute approximate surface area is 116 Å². The second-order valence-electron chi connectivity index (χ2n) is 4.65. The van der Waals surface area contributed by atoms with E-state index in [2.05, 4.69) is 11.4 Å². The molecular weight excluding hydrogens is 260 g/mol. The SMILES string of the molecule is CCOc1ccc2nc(C3COCC3NC)sc2c1. The number of nitrogens with zero attached hydrogens (tertiary/aromatic N) is 1. The van der Waals surface area contributed by atoms with Crippen LogP contribution in [0.5, 0.6) is 5.75 Å². The van der Waals surface area contributed by atoms with Gasteiger partial charge in [-0.15, -0.1) is 11.3 Å². The smallest absolute Gasteiger partial charge is 0.120 e. The number of nitrogens with one attached hydrogen (secondary N) is 1. The monoisotopic (exact) mass is 278 g/mol. The molecule has 0 aliphatic carbocycles. The van der Waals surface area contributed by atoms with Crippen molar-refractivity contribution in [3.05, 3.63) is 23.2 Å². The van der Waals surface area contributed by atoms with Gasteiger partial charge >= 0.3 is 0 Å². The van der Waals surface area contributed by atoms with E-state index in [9.17, 15) is 0 Å². The summed E-state index contributed by atoms with van der Waals surface area (Å²) in [6, 6.07) is 6.46. The Hall–Kier alpha value is -1.17. The lowest BCUT2D eigenvalue weighted by Crippen LogP contribution is -2.30. The summed E-state index contributed by atoms with van der Waals surface area (Å²) in [5.74, 6) is 1.27. The van der Waals surface area contributed by atoms with E-state index >= 15 is 0 Å². The number of hydrogen-bond acceptors (Lipinski definition) is 5. The highest BCUT2D eigenvalue weighted by atomic mass is 32.1. The highest BCUT2D eigenvalue weighted by molar-refractivity contribution is 7.18. The molecule has 102 valence electrons. The van der Waals surface area contributed by atoms with Crippen LogP contribution >= 0.6 is 11.3 Å². The summed E-state index contributed by atoms with van der Waals surface area (Å²) in [7, 11) is 1.98. The molecule has 1 saturated heterocycles. The summed E-state index contributed by atoms with van der Waals surface area (Å²) in [4.78, 5) is 4.74. The third-order valence-corrected chi connectivity index (χ3v) is 4.61. The third kappa shape index (κ3) is 2.45. The molecule has 4 nitrogen and oxygen atoms in total. The third-order valence-electron chi connectivity index (χ3n) is 3.46. The highest BCUT2D eigenvalue weighted by Crippen LogP contribution is 2.33. The maximum atomic E-state index is 5.55. The van der Waals surface area contributed by atoms with Gasteiger partial charge in [-0.2, -0.15) is 0 Å². The van der Waals surface area contributed by atoms with E-state index in [0.29, 0.717) is 18.6 Å². The van der Waals surface area contributed by atoms with Gasteiger partial charge in [0.1, 0.15) is 10.8 Å². The van der Waals surface area contributed by atoms with E-state index < -0.39 is 0 Å². The minimum Gasteiger partial charge on any atom is -0.494 e. The molecule has 2 aromatic rings. The van der Waals surface area contributed by atoms with Crippen LogP contribution in [0, 0.1) is 0 Å². The predicted octanol–water partition coefficient (Wildman–Crippen LogP) is 2.40.